The quantitative estimate of drug-likeness (QED) is 0.225. The van der Waals surface area contributed by atoms with Crippen LogP contribution in [0.3, 0.4) is 0 Å². The number of nitrogens with two attached hydrogens (primary N) is 2. The second kappa shape index (κ2) is 8.00. The summed E-state index contributed by atoms with van der Waals surface area (Å²) in [4.78, 5) is 0. The van der Waals surface area contributed by atoms with Crippen molar-refractivity contribution in [3.63, 3.8) is 0 Å². The van der Waals surface area contributed by atoms with Gasteiger partial charge in [-0.05, 0) is 60.2 Å². The normalized spacial score (nSPS) is 20.9. The minimum Gasteiger partial charge on any atom is -0.492 e. The number of benzene rings is 2. The molecule has 3 rings (SSSR count). The number of halogens is 1. The predicted octanol–water partition coefficient (Wildman–Crippen LogP) is 5.08. The summed E-state index contributed by atoms with van der Waals surface area (Å²) in [7, 11) is 0. The fraction of sp³-hybridized carbons (Fsp3) is 0.364. The average molecular weight is 477 g/mol. The lowest BCUT2D eigenvalue weighted by Gasteiger charge is -2.28. The topological polar surface area (TPSA) is 73.3 Å². The zero-order chi connectivity index (χ0) is 19.6. The van der Waals surface area contributed by atoms with Crippen LogP contribution < -0.4 is 21.5 Å². The third-order valence-electron chi connectivity index (χ3n) is 5.48. The molecule has 0 bridgehead atoms. The highest BCUT2D eigenvalue weighted by molar-refractivity contribution is 14.1. The van der Waals surface area contributed by atoms with Gasteiger partial charge < -0.3 is 21.5 Å². The van der Waals surface area contributed by atoms with Gasteiger partial charge in [0.1, 0.15) is 5.75 Å². The van der Waals surface area contributed by atoms with E-state index in [1.165, 1.54) is 16.7 Å². The third kappa shape index (κ3) is 3.61. The van der Waals surface area contributed by atoms with Crippen LogP contribution in [0.1, 0.15) is 42.9 Å². The molecule has 2 atom stereocenters. The predicted molar refractivity (Wildman–Crippen MR) is 124 cm³/mol. The zero-order valence-electron chi connectivity index (χ0n) is 16.0. The summed E-state index contributed by atoms with van der Waals surface area (Å²) in [6.07, 6.45) is 2.87. The largest absolute Gasteiger partial charge is 0.492 e. The van der Waals surface area contributed by atoms with Crippen LogP contribution >= 0.6 is 22.6 Å². The highest BCUT2D eigenvalue weighted by atomic mass is 127. The molecule has 0 saturated heterocycles. The van der Waals surface area contributed by atoms with Crippen molar-refractivity contribution in [2.24, 2.45) is 0 Å². The number of hydrogen-bond acceptors (Lipinski definition) is 4. The van der Waals surface area contributed by atoms with Gasteiger partial charge in [0.15, 0.2) is 0 Å². The Morgan fingerprint density at radius 1 is 1.30 bits per heavy atom. The van der Waals surface area contributed by atoms with Crippen molar-refractivity contribution in [1.82, 2.24) is 0 Å². The maximum Gasteiger partial charge on any atom is 0.142 e. The summed E-state index contributed by atoms with van der Waals surface area (Å²) in [6, 6.07) is 10.6. The lowest BCUT2D eigenvalue weighted by molar-refractivity contribution is 0.341. The van der Waals surface area contributed by atoms with Crippen LogP contribution in [0.4, 0.5) is 17.1 Å². The Labute approximate surface area is 175 Å². The van der Waals surface area contributed by atoms with Crippen molar-refractivity contribution in [3.8, 4) is 5.75 Å². The third-order valence-corrected chi connectivity index (χ3v) is 6.55. The number of ether oxygens (including phenoxy) is 1. The van der Waals surface area contributed by atoms with Gasteiger partial charge in [0, 0.05) is 16.4 Å². The molecule has 0 heterocycles. The molecular formula is C22H28IN3O. The summed E-state index contributed by atoms with van der Waals surface area (Å²) in [5, 5.41) is 3.28. The second-order valence-electron chi connectivity index (χ2n) is 7.27. The SMILES string of the molecule is C=CCNc1ccc(C2(C)CC(CI)c3cc(N)c(OCC)cc32)cc1N. The summed E-state index contributed by atoms with van der Waals surface area (Å²) in [6.45, 7) is 9.32. The van der Waals surface area contributed by atoms with Gasteiger partial charge in [-0.2, -0.15) is 0 Å². The Balaban J connectivity index is 2.07. The number of nitrogens with one attached hydrogen (secondary N) is 1. The van der Waals surface area contributed by atoms with Crippen molar-refractivity contribution in [1.29, 1.82) is 0 Å². The lowest BCUT2D eigenvalue weighted by Crippen LogP contribution is -2.21. The smallest absolute Gasteiger partial charge is 0.142 e. The van der Waals surface area contributed by atoms with E-state index in [-0.39, 0.29) is 5.41 Å². The van der Waals surface area contributed by atoms with E-state index in [1.807, 2.05) is 13.0 Å². The number of nitrogen functional groups attached to an aromatic ring is 2. The summed E-state index contributed by atoms with van der Waals surface area (Å²) in [5.41, 5.74) is 18.8. The number of hydrogen-bond donors (Lipinski definition) is 3. The van der Waals surface area contributed by atoms with Gasteiger partial charge in [0.05, 0.1) is 23.7 Å². The zero-order valence-corrected chi connectivity index (χ0v) is 18.2. The van der Waals surface area contributed by atoms with Crippen molar-refractivity contribution in [2.75, 3.05) is 34.4 Å². The Morgan fingerprint density at radius 3 is 2.70 bits per heavy atom. The molecule has 1 aliphatic rings. The summed E-state index contributed by atoms with van der Waals surface area (Å²) >= 11 is 2.47. The van der Waals surface area contributed by atoms with Gasteiger partial charge in [-0.1, -0.05) is 41.7 Å². The van der Waals surface area contributed by atoms with Crippen LogP contribution in [0.2, 0.25) is 0 Å². The second-order valence-corrected chi connectivity index (χ2v) is 8.15. The molecule has 144 valence electrons. The summed E-state index contributed by atoms with van der Waals surface area (Å²) < 4.78 is 6.83. The number of fused-ring (bicyclic) bond motifs is 1. The van der Waals surface area contributed by atoms with Crippen LogP contribution in [0.5, 0.6) is 5.75 Å². The van der Waals surface area contributed by atoms with E-state index in [0.717, 1.165) is 33.7 Å². The maximum absolute atomic E-state index is 6.33. The molecule has 0 spiro atoms. The first kappa shape index (κ1) is 19.9. The number of rotatable bonds is 7. The molecule has 2 unspecified atom stereocenters. The molecule has 0 saturated carbocycles. The van der Waals surface area contributed by atoms with E-state index in [9.17, 15) is 0 Å². The van der Waals surface area contributed by atoms with Crippen LogP contribution in [-0.2, 0) is 5.41 Å². The Bertz CT molecular complexity index is 852. The van der Waals surface area contributed by atoms with E-state index in [2.05, 4.69) is 71.7 Å². The van der Waals surface area contributed by atoms with Crippen LogP contribution in [-0.4, -0.2) is 17.6 Å². The first-order valence-electron chi connectivity index (χ1n) is 9.32. The van der Waals surface area contributed by atoms with E-state index < -0.39 is 0 Å². The first-order valence-corrected chi connectivity index (χ1v) is 10.8. The molecule has 0 radical (unpaired) electrons. The van der Waals surface area contributed by atoms with Crippen LogP contribution in [0.25, 0.3) is 0 Å². The minimum absolute atomic E-state index is 0.115. The van der Waals surface area contributed by atoms with Crippen molar-refractivity contribution < 1.29 is 4.74 Å². The average Bonchev–Trinajstić information content (AvgIpc) is 2.94. The van der Waals surface area contributed by atoms with Crippen molar-refractivity contribution >= 4 is 39.7 Å². The van der Waals surface area contributed by atoms with E-state index >= 15 is 0 Å². The molecule has 0 aliphatic heterocycles. The van der Waals surface area contributed by atoms with Gasteiger partial charge in [-0.25, -0.2) is 0 Å². The molecule has 2 aromatic rings. The molecule has 5 N–H and O–H groups in total. The van der Waals surface area contributed by atoms with Crippen molar-refractivity contribution in [2.45, 2.75) is 31.6 Å². The highest BCUT2D eigenvalue weighted by Crippen LogP contribution is 2.53. The van der Waals surface area contributed by atoms with Crippen LogP contribution in [0, 0.1) is 0 Å². The standard InChI is InChI=1S/C22H28IN3O/c1-4-8-26-20-7-6-15(9-18(20)24)22(3)12-14(13-23)16-10-19(25)21(27-5-2)11-17(16)22/h4,6-7,9-11,14,26H,1,5,8,12-13,24-25H2,2-3H3. The lowest BCUT2D eigenvalue weighted by atomic mass is 9.76. The Morgan fingerprint density at radius 2 is 2.07 bits per heavy atom. The van der Waals surface area contributed by atoms with Gasteiger partial charge in [0.25, 0.3) is 0 Å². The molecule has 0 fully saturated rings. The van der Waals surface area contributed by atoms with Gasteiger partial charge in [0.2, 0.25) is 0 Å². The van der Waals surface area contributed by atoms with E-state index in [0.29, 0.717) is 19.1 Å². The van der Waals surface area contributed by atoms with Crippen LogP contribution in [0.15, 0.2) is 43.0 Å². The molecule has 4 nitrogen and oxygen atoms in total. The Kier molecular flexibility index (Phi) is 5.89. The fourth-order valence-corrected chi connectivity index (χ4v) is 4.87. The minimum atomic E-state index is -0.115. The number of anilines is 3. The summed E-state index contributed by atoms with van der Waals surface area (Å²) in [5.74, 6) is 1.25. The molecule has 2 aromatic carbocycles. The van der Waals surface area contributed by atoms with Gasteiger partial charge >= 0.3 is 0 Å². The number of alkyl halides is 1. The molecular weight excluding hydrogens is 449 g/mol. The van der Waals surface area contributed by atoms with E-state index in [4.69, 9.17) is 16.2 Å². The highest BCUT2D eigenvalue weighted by Gasteiger charge is 2.42. The Hall–Kier alpha value is -1.89. The first-order chi connectivity index (χ1) is 12.9. The van der Waals surface area contributed by atoms with Gasteiger partial charge in [-0.3, -0.25) is 0 Å². The molecule has 1 aliphatic carbocycles. The monoisotopic (exact) mass is 477 g/mol. The van der Waals surface area contributed by atoms with E-state index in [1.54, 1.807) is 0 Å². The molecule has 5 heteroatoms. The fourth-order valence-electron chi connectivity index (χ4n) is 4.08. The maximum atomic E-state index is 6.33. The molecule has 27 heavy (non-hydrogen) atoms. The van der Waals surface area contributed by atoms with Gasteiger partial charge in [-0.15, -0.1) is 6.58 Å². The molecule has 0 aromatic heterocycles. The molecule has 0 amide bonds. The van der Waals surface area contributed by atoms with Crippen molar-refractivity contribution in [3.05, 3.63) is 59.7 Å².